The van der Waals surface area contributed by atoms with Gasteiger partial charge in [-0.2, -0.15) is 5.10 Å². The number of benzene rings is 1. The number of hydrogen-bond donors (Lipinski definition) is 0. The van der Waals surface area contributed by atoms with Crippen LogP contribution in [0.2, 0.25) is 0 Å². The number of rotatable bonds is 5. The van der Waals surface area contributed by atoms with E-state index in [-0.39, 0.29) is 5.82 Å². The summed E-state index contributed by atoms with van der Waals surface area (Å²) in [6, 6.07) is 11.9. The van der Waals surface area contributed by atoms with Crippen molar-refractivity contribution < 1.29 is 9.13 Å². The van der Waals surface area contributed by atoms with Crippen LogP contribution in [0.5, 0.6) is 11.5 Å². The number of hydrogen-bond acceptors (Lipinski definition) is 4. The minimum absolute atomic E-state index is 0.250. The third kappa shape index (κ3) is 4.17. The Morgan fingerprint density at radius 3 is 2.70 bits per heavy atom. The SMILES string of the molecule is Cn1cc(-c2cc(Oc3cn[c]c(Cc4ccc(F)cc4)c3)ccn2)cn1. The van der Waals surface area contributed by atoms with Gasteiger partial charge in [-0.3, -0.25) is 14.6 Å². The van der Waals surface area contributed by atoms with Crippen LogP contribution < -0.4 is 4.74 Å². The standard InChI is InChI=1S/C21H16FN4O/c1-26-14-17(12-25-26)21-10-19(6-7-24-21)27-20-9-16(11-23-13-20)8-15-2-4-18(22)5-3-15/h2-7,9-10,12-14H,8H2,1H3. The molecule has 0 bridgehead atoms. The monoisotopic (exact) mass is 359 g/mol. The van der Waals surface area contributed by atoms with E-state index in [2.05, 4.69) is 21.3 Å². The fourth-order valence-electron chi connectivity index (χ4n) is 2.71. The van der Waals surface area contributed by atoms with E-state index < -0.39 is 0 Å². The van der Waals surface area contributed by atoms with E-state index in [0.29, 0.717) is 17.9 Å². The van der Waals surface area contributed by atoms with Crippen molar-refractivity contribution in [3.8, 4) is 22.8 Å². The van der Waals surface area contributed by atoms with E-state index in [1.807, 2.05) is 25.4 Å². The second-order valence-corrected chi connectivity index (χ2v) is 6.13. The van der Waals surface area contributed by atoms with Gasteiger partial charge in [0.1, 0.15) is 17.3 Å². The molecule has 27 heavy (non-hydrogen) atoms. The Balaban J connectivity index is 1.52. The molecule has 4 rings (SSSR count). The van der Waals surface area contributed by atoms with Crippen LogP contribution in [-0.4, -0.2) is 19.7 Å². The highest BCUT2D eigenvalue weighted by atomic mass is 19.1. The Labute approximate surface area is 156 Å². The van der Waals surface area contributed by atoms with Gasteiger partial charge in [-0.1, -0.05) is 12.1 Å². The molecule has 5 nitrogen and oxygen atoms in total. The molecule has 0 saturated heterocycles. The van der Waals surface area contributed by atoms with E-state index >= 15 is 0 Å². The lowest BCUT2D eigenvalue weighted by Crippen LogP contribution is -1.93. The largest absolute Gasteiger partial charge is 0.456 e. The first-order valence-electron chi connectivity index (χ1n) is 8.40. The summed E-state index contributed by atoms with van der Waals surface area (Å²) in [5.41, 5.74) is 3.54. The topological polar surface area (TPSA) is 52.8 Å². The molecular weight excluding hydrogens is 343 g/mol. The Morgan fingerprint density at radius 2 is 1.93 bits per heavy atom. The van der Waals surface area contributed by atoms with E-state index in [4.69, 9.17) is 4.74 Å². The molecule has 0 aliphatic carbocycles. The predicted molar refractivity (Wildman–Crippen MR) is 98.8 cm³/mol. The normalized spacial score (nSPS) is 10.7. The third-order valence-corrected chi connectivity index (χ3v) is 3.99. The lowest BCUT2D eigenvalue weighted by atomic mass is 10.1. The summed E-state index contributed by atoms with van der Waals surface area (Å²) >= 11 is 0. The maximum atomic E-state index is 13.0. The Bertz CT molecular complexity index is 1060. The van der Waals surface area contributed by atoms with Gasteiger partial charge in [0, 0.05) is 31.1 Å². The minimum atomic E-state index is -0.250. The van der Waals surface area contributed by atoms with Crippen molar-refractivity contribution in [2.24, 2.45) is 7.05 Å². The van der Waals surface area contributed by atoms with Crippen molar-refractivity contribution in [3.63, 3.8) is 0 Å². The molecule has 0 atom stereocenters. The fourth-order valence-corrected chi connectivity index (χ4v) is 2.71. The number of halogens is 1. The average molecular weight is 359 g/mol. The zero-order valence-corrected chi connectivity index (χ0v) is 14.6. The van der Waals surface area contributed by atoms with Gasteiger partial charge in [-0.25, -0.2) is 4.39 Å². The maximum Gasteiger partial charge on any atom is 0.146 e. The molecule has 3 aromatic heterocycles. The first kappa shape index (κ1) is 16.9. The predicted octanol–water partition coefficient (Wildman–Crippen LogP) is 4.20. The summed E-state index contributed by atoms with van der Waals surface area (Å²) in [5, 5.41) is 4.16. The molecule has 0 N–H and O–H groups in total. The number of pyridine rings is 2. The zero-order chi connectivity index (χ0) is 18.6. The van der Waals surface area contributed by atoms with E-state index in [9.17, 15) is 4.39 Å². The second kappa shape index (κ2) is 7.37. The van der Waals surface area contributed by atoms with Gasteiger partial charge in [-0.15, -0.1) is 0 Å². The van der Waals surface area contributed by atoms with Gasteiger partial charge in [0.05, 0.1) is 24.3 Å². The second-order valence-electron chi connectivity index (χ2n) is 6.13. The molecule has 0 amide bonds. The molecule has 0 unspecified atom stereocenters. The van der Waals surface area contributed by atoms with Gasteiger partial charge in [0.15, 0.2) is 0 Å². The molecule has 0 aliphatic rings. The Kier molecular flexibility index (Phi) is 4.61. The van der Waals surface area contributed by atoms with Gasteiger partial charge in [0.2, 0.25) is 0 Å². The molecule has 0 aliphatic heterocycles. The summed E-state index contributed by atoms with van der Waals surface area (Å²) in [6.45, 7) is 0. The zero-order valence-electron chi connectivity index (χ0n) is 14.6. The molecule has 0 spiro atoms. The van der Waals surface area contributed by atoms with Crippen molar-refractivity contribution >= 4 is 0 Å². The van der Waals surface area contributed by atoms with Gasteiger partial charge >= 0.3 is 0 Å². The molecule has 6 heteroatoms. The first-order chi connectivity index (χ1) is 13.2. The molecular formula is C21H16FN4O. The van der Waals surface area contributed by atoms with Gasteiger partial charge in [0.25, 0.3) is 0 Å². The lowest BCUT2D eigenvalue weighted by Gasteiger charge is -2.08. The van der Waals surface area contributed by atoms with Crippen LogP contribution in [0.15, 0.2) is 67.3 Å². The molecule has 4 aromatic rings. The first-order valence-corrected chi connectivity index (χ1v) is 8.40. The van der Waals surface area contributed by atoms with Crippen LogP contribution in [0.4, 0.5) is 4.39 Å². The summed E-state index contributed by atoms with van der Waals surface area (Å²) in [6.07, 6.45) is 10.5. The molecule has 3 heterocycles. The Hall–Kier alpha value is -3.54. The van der Waals surface area contributed by atoms with Crippen molar-refractivity contribution in [2.75, 3.05) is 0 Å². The van der Waals surface area contributed by atoms with E-state index in [0.717, 1.165) is 22.4 Å². The highest BCUT2D eigenvalue weighted by Gasteiger charge is 2.06. The van der Waals surface area contributed by atoms with E-state index in [1.165, 1.54) is 12.1 Å². The summed E-state index contributed by atoms with van der Waals surface area (Å²) in [7, 11) is 1.86. The summed E-state index contributed by atoms with van der Waals surface area (Å²) < 4.78 is 20.7. The smallest absolute Gasteiger partial charge is 0.146 e. The van der Waals surface area contributed by atoms with Gasteiger partial charge < -0.3 is 4.74 Å². The quantitative estimate of drug-likeness (QED) is 0.536. The molecule has 0 saturated carbocycles. The van der Waals surface area contributed by atoms with Gasteiger partial charge in [-0.05, 0) is 41.8 Å². The average Bonchev–Trinajstić information content (AvgIpc) is 3.11. The highest BCUT2D eigenvalue weighted by molar-refractivity contribution is 5.58. The van der Waals surface area contributed by atoms with Crippen LogP contribution in [0.3, 0.4) is 0 Å². The third-order valence-electron chi connectivity index (χ3n) is 3.99. The molecule has 1 radical (unpaired) electrons. The Morgan fingerprint density at radius 1 is 1.07 bits per heavy atom. The van der Waals surface area contributed by atoms with Crippen molar-refractivity contribution in [3.05, 3.63) is 90.4 Å². The van der Waals surface area contributed by atoms with Crippen molar-refractivity contribution in [2.45, 2.75) is 6.42 Å². The van der Waals surface area contributed by atoms with E-state index in [1.54, 1.807) is 41.5 Å². The van der Waals surface area contributed by atoms with Crippen molar-refractivity contribution in [1.29, 1.82) is 0 Å². The number of ether oxygens (including phenoxy) is 1. The highest BCUT2D eigenvalue weighted by Crippen LogP contribution is 2.25. The summed E-state index contributed by atoms with van der Waals surface area (Å²) in [4.78, 5) is 8.48. The lowest BCUT2D eigenvalue weighted by molar-refractivity contribution is 0.479. The molecule has 133 valence electrons. The molecule has 1 aromatic carbocycles. The van der Waals surface area contributed by atoms with Crippen LogP contribution in [0.1, 0.15) is 11.1 Å². The van der Waals surface area contributed by atoms with Crippen LogP contribution in [0.25, 0.3) is 11.3 Å². The number of aromatic nitrogens is 4. The maximum absolute atomic E-state index is 13.0. The minimum Gasteiger partial charge on any atom is -0.456 e. The molecule has 0 fully saturated rings. The number of nitrogens with zero attached hydrogens (tertiary/aromatic N) is 4. The number of aryl methyl sites for hydroxylation is 1. The van der Waals surface area contributed by atoms with Crippen LogP contribution in [0, 0.1) is 12.0 Å². The fraction of sp³-hybridized carbons (Fsp3) is 0.0952. The summed E-state index contributed by atoms with van der Waals surface area (Å²) in [5.74, 6) is 1.01. The van der Waals surface area contributed by atoms with Crippen LogP contribution >= 0.6 is 0 Å². The van der Waals surface area contributed by atoms with Crippen LogP contribution in [-0.2, 0) is 13.5 Å². The van der Waals surface area contributed by atoms with Crippen molar-refractivity contribution in [1.82, 2.24) is 19.7 Å².